The molecule has 0 unspecified atom stereocenters. The highest BCUT2D eigenvalue weighted by Gasteiger charge is 2.28. The number of carboxylic acids is 1. The van der Waals surface area contributed by atoms with E-state index in [1.54, 1.807) is 6.07 Å². The Kier molecular flexibility index (Phi) is 7.69. The zero-order chi connectivity index (χ0) is 26.9. The van der Waals surface area contributed by atoms with Crippen LogP contribution in [-0.4, -0.2) is 38.7 Å². The molecule has 198 valence electrons. The molecular formula is C25H26F2N2O6S2. The fourth-order valence-corrected chi connectivity index (χ4v) is 6.68. The Morgan fingerprint density at radius 1 is 1.14 bits per heavy atom. The Morgan fingerprint density at radius 3 is 2.46 bits per heavy atom. The number of hydrogen-bond acceptors (Lipinski definition) is 7. The molecule has 3 aromatic rings. The molecule has 0 saturated heterocycles. The van der Waals surface area contributed by atoms with Crippen LogP contribution in [-0.2, 0) is 10.0 Å². The fraction of sp³-hybridized carbons (Fsp3) is 0.360. The monoisotopic (exact) mass is 552 g/mol. The van der Waals surface area contributed by atoms with Crippen molar-refractivity contribution in [3.63, 3.8) is 0 Å². The number of ether oxygens (including phenoxy) is 2. The Morgan fingerprint density at radius 2 is 1.84 bits per heavy atom. The quantitative estimate of drug-likeness (QED) is 0.358. The summed E-state index contributed by atoms with van der Waals surface area (Å²) in [6, 6.07) is 4.97. The molecule has 2 N–H and O–H groups in total. The van der Waals surface area contributed by atoms with Crippen LogP contribution in [0.25, 0.3) is 10.6 Å². The van der Waals surface area contributed by atoms with Crippen molar-refractivity contribution >= 4 is 33.0 Å². The zero-order valence-electron chi connectivity index (χ0n) is 20.4. The number of nitrogens with zero attached hydrogens (tertiary/aromatic N) is 1. The number of methoxy groups -OCH3 is 2. The van der Waals surface area contributed by atoms with Gasteiger partial charge in [0.15, 0.2) is 16.6 Å². The number of aromatic carboxylic acids is 1. The normalized spacial score (nSPS) is 17.9. The van der Waals surface area contributed by atoms with Crippen LogP contribution in [0.15, 0.2) is 34.7 Å². The van der Waals surface area contributed by atoms with Crippen molar-refractivity contribution in [1.82, 2.24) is 4.98 Å². The van der Waals surface area contributed by atoms with Crippen molar-refractivity contribution in [2.45, 2.75) is 43.6 Å². The predicted molar refractivity (Wildman–Crippen MR) is 135 cm³/mol. The second-order valence-corrected chi connectivity index (χ2v) is 11.4. The molecular weight excluding hydrogens is 526 g/mol. The van der Waals surface area contributed by atoms with Crippen molar-refractivity contribution in [3.05, 3.63) is 52.4 Å². The van der Waals surface area contributed by atoms with Crippen LogP contribution in [0.5, 0.6) is 11.5 Å². The average Bonchev–Trinajstić information content (AvgIpc) is 3.35. The first-order valence-electron chi connectivity index (χ1n) is 11.5. The van der Waals surface area contributed by atoms with Crippen LogP contribution in [0.3, 0.4) is 0 Å². The number of halogens is 2. The Hall–Kier alpha value is -3.25. The first kappa shape index (κ1) is 26.8. The van der Waals surface area contributed by atoms with Gasteiger partial charge < -0.3 is 14.6 Å². The van der Waals surface area contributed by atoms with E-state index in [0.717, 1.165) is 48.6 Å². The molecule has 2 aromatic carbocycles. The van der Waals surface area contributed by atoms with E-state index in [2.05, 4.69) is 16.6 Å². The van der Waals surface area contributed by atoms with Crippen LogP contribution in [0.4, 0.5) is 14.5 Å². The molecule has 8 nitrogen and oxygen atoms in total. The molecule has 37 heavy (non-hydrogen) atoms. The van der Waals surface area contributed by atoms with E-state index < -0.39 is 38.2 Å². The molecule has 4 rings (SSSR count). The summed E-state index contributed by atoms with van der Waals surface area (Å²) in [7, 11) is -1.75. The smallest absolute Gasteiger partial charge is 0.338 e. The van der Waals surface area contributed by atoms with Gasteiger partial charge in [0.25, 0.3) is 10.0 Å². The second-order valence-electron chi connectivity index (χ2n) is 8.94. The molecule has 0 atom stereocenters. The number of carbonyl (C=O) groups is 1. The van der Waals surface area contributed by atoms with E-state index in [4.69, 9.17) is 14.6 Å². The summed E-state index contributed by atoms with van der Waals surface area (Å²) < 4.78 is 68.2. The standard InChI is InChI=1S/C25H26F2N2O6S2/c1-13-4-6-14(7-5-13)15-8-9-16(22(27)23(15)35-3)24-28-21(12-36-24)37(32,33)29-19-11-18(26)17(25(30)31)10-20(19)34-2/h8-14,29H,4-7H2,1-3H3,(H,30,31). The van der Waals surface area contributed by atoms with Crippen molar-refractivity contribution in [2.24, 2.45) is 5.92 Å². The lowest BCUT2D eigenvalue weighted by atomic mass is 9.79. The maximum Gasteiger partial charge on any atom is 0.338 e. The molecule has 12 heteroatoms. The molecule has 0 amide bonds. The highest BCUT2D eigenvalue weighted by atomic mass is 32.2. The van der Waals surface area contributed by atoms with Gasteiger partial charge in [-0.3, -0.25) is 4.72 Å². The molecule has 1 aromatic heterocycles. The van der Waals surface area contributed by atoms with Gasteiger partial charge in [-0.1, -0.05) is 25.8 Å². The summed E-state index contributed by atoms with van der Waals surface area (Å²) in [5.41, 5.74) is -0.0868. The Bertz CT molecular complexity index is 1430. The number of carboxylic acid groups (broad SMARTS) is 1. The summed E-state index contributed by atoms with van der Waals surface area (Å²) in [5.74, 6) is -2.52. The number of nitrogens with one attached hydrogen (secondary N) is 1. The highest BCUT2D eigenvalue weighted by molar-refractivity contribution is 7.92. The van der Waals surface area contributed by atoms with Gasteiger partial charge in [0.2, 0.25) is 0 Å². The van der Waals surface area contributed by atoms with E-state index in [9.17, 15) is 17.6 Å². The first-order valence-corrected chi connectivity index (χ1v) is 13.9. The number of aromatic nitrogens is 1. The summed E-state index contributed by atoms with van der Waals surface area (Å²) in [4.78, 5) is 15.3. The number of hydrogen-bond donors (Lipinski definition) is 2. The third-order valence-corrected chi connectivity index (χ3v) is 8.81. The Labute approximate surface area is 217 Å². The van der Waals surface area contributed by atoms with Crippen LogP contribution in [0, 0.1) is 17.6 Å². The highest BCUT2D eigenvalue weighted by Crippen LogP contribution is 2.43. The second kappa shape index (κ2) is 10.6. The van der Waals surface area contributed by atoms with Gasteiger partial charge in [0.05, 0.1) is 31.0 Å². The largest absolute Gasteiger partial charge is 0.495 e. The van der Waals surface area contributed by atoms with Gasteiger partial charge in [0, 0.05) is 17.0 Å². The number of benzene rings is 2. The van der Waals surface area contributed by atoms with E-state index in [-0.39, 0.29) is 33.7 Å². The van der Waals surface area contributed by atoms with Crippen molar-refractivity contribution in [3.8, 4) is 22.1 Å². The first-order chi connectivity index (χ1) is 17.6. The maximum atomic E-state index is 15.5. The van der Waals surface area contributed by atoms with Crippen LogP contribution >= 0.6 is 11.3 Å². The summed E-state index contributed by atoms with van der Waals surface area (Å²) >= 11 is 0.926. The minimum absolute atomic E-state index is 0.102. The summed E-state index contributed by atoms with van der Waals surface area (Å²) in [5, 5.41) is 10.0. The van der Waals surface area contributed by atoms with Gasteiger partial charge in [-0.2, -0.15) is 8.42 Å². The third-order valence-electron chi connectivity index (χ3n) is 6.54. The van der Waals surface area contributed by atoms with Gasteiger partial charge in [-0.25, -0.2) is 18.6 Å². The van der Waals surface area contributed by atoms with Gasteiger partial charge in [-0.15, -0.1) is 11.3 Å². The Balaban J connectivity index is 1.64. The minimum atomic E-state index is -4.34. The van der Waals surface area contributed by atoms with Gasteiger partial charge in [-0.05, 0) is 36.8 Å². The minimum Gasteiger partial charge on any atom is -0.495 e. The zero-order valence-corrected chi connectivity index (χ0v) is 22.0. The topological polar surface area (TPSA) is 115 Å². The van der Waals surface area contributed by atoms with Crippen molar-refractivity contribution in [1.29, 1.82) is 0 Å². The molecule has 0 bridgehead atoms. The van der Waals surface area contributed by atoms with Gasteiger partial charge in [0.1, 0.15) is 16.6 Å². The molecule has 0 aliphatic heterocycles. The maximum absolute atomic E-state index is 15.5. The summed E-state index contributed by atoms with van der Waals surface area (Å²) in [6.07, 6.45) is 4.01. The molecule has 0 radical (unpaired) electrons. The van der Waals surface area contributed by atoms with Crippen molar-refractivity contribution < 1.29 is 36.6 Å². The van der Waals surface area contributed by atoms with Crippen LogP contribution in [0.2, 0.25) is 0 Å². The molecule has 1 fully saturated rings. The number of rotatable bonds is 8. The molecule has 0 spiro atoms. The van der Waals surface area contributed by atoms with E-state index in [1.807, 2.05) is 6.07 Å². The van der Waals surface area contributed by atoms with Crippen LogP contribution in [0.1, 0.15) is 54.4 Å². The van der Waals surface area contributed by atoms with Gasteiger partial charge >= 0.3 is 5.97 Å². The van der Waals surface area contributed by atoms with E-state index in [1.165, 1.54) is 19.6 Å². The fourth-order valence-electron chi connectivity index (χ4n) is 4.51. The lowest BCUT2D eigenvalue weighted by Crippen LogP contribution is -2.15. The van der Waals surface area contributed by atoms with Crippen LogP contribution < -0.4 is 14.2 Å². The molecule has 1 saturated carbocycles. The molecule has 1 aliphatic rings. The molecule has 1 aliphatic carbocycles. The lowest BCUT2D eigenvalue weighted by Gasteiger charge is -2.28. The number of anilines is 1. The summed E-state index contributed by atoms with van der Waals surface area (Å²) in [6.45, 7) is 2.21. The van der Waals surface area contributed by atoms with E-state index in [0.29, 0.717) is 12.0 Å². The lowest BCUT2D eigenvalue weighted by molar-refractivity contribution is 0.0691. The number of thiazole rings is 1. The van der Waals surface area contributed by atoms with Crippen molar-refractivity contribution in [2.75, 3.05) is 18.9 Å². The SMILES string of the molecule is COc1cc(C(=O)O)c(F)cc1NS(=O)(=O)c1csc(-c2ccc(C3CCC(C)CC3)c(OC)c2F)n1. The number of sulfonamides is 1. The average molecular weight is 553 g/mol. The predicted octanol–water partition coefficient (Wildman–Crippen LogP) is 5.90. The molecule has 1 heterocycles. The third kappa shape index (κ3) is 5.40. The van der Waals surface area contributed by atoms with E-state index >= 15 is 4.39 Å².